The third kappa shape index (κ3) is 1.42. The van der Waals surface area contributed by atoms with Crippen LogP contribution in [0, 0.1) is 0 Å². The van der Waals surface area contributed by atoms with E-state index < -0.39 is 0 Å². The van der Waals surface area contributed by atoms with Gasteiger partial charge in [0.05, 0.1) is 18.3 Å². The second-order valence-electron chi connectivity index (χ2n) is 4.64. The van der Waals surface area contributed by atoms with E-state index in [1.807, 2.05) is 6.92 Å². The molecule has 0 amide bonds. The lowest BCUT2D eigenvalue weighted by molar-refractivity contribution is 0.0615. The maximum absolute atomic E-state index is 12.3. The smallest absolute Gasteiger partial charge is 0.196 e. The number of rotatable bonds is 0. The Hall–Kier alpha value is -1.94. The van der Waals surface area contributed by atoms with Crippen LogP contribution in [-0.2, 0) is 4.74 Å². The quantitative estimate of drug-likeness (QED) is 0.756. The van der Waals surface area contributed by atoms with E-state index in [4.69, 9.17) is 4.74 Å². The van der Waals surface area contributed by atoms with Gasteiger partial charge < -0.3 is 9.84 Å². The Morgan fingerprint density at radius 1 is 1.22 bits per heavy atom. The average Bonchev–Trinajstić information content (AvgIpc) is 2.35. The van der Waals surface area contributed by atoms with Crippen molar-refractivity contribution in [2.45, 2.75) is 19.4 Å². The summed E-state index contributed by atoms with van der Waals surface area (Å²) in [5, 5.41) is 9.75. The predicted molar refractivity (Wildman–Crippen MR) is 63.8 cm³/mol. The fourth-order valence-electron chi connectivity index (χ4n) is 2.50. The molecule has 92 valence electrons. The molecule has 0 bridgehead atoms. The molecule has 3 rings (SSSR count). The highest BCUT2D eigenvalue weighted by molar-refractivity contribution is 6.28. The summed E-state index contributed by atoms with van der Waals surface area (Å²) < 4.78 is 5.41. The number of ether oxygens (including phenoxy) is 1. The third-order valence-corrected chi connectivity index (χ3v) is 3.43. The number of benzene rings is 1. The number of ketones is 2. The van der Waals surface area contributed by atoms with E-state index in [2.05, 4.69) is 0 Å². The van der Waals surface area contributed by atoms with Gasteiger partial charge in [0.2, 0.25) is 0 Å². The molecular formula is C14H12O4. The Balaban J connectivity index is 2.21. The molecule has 0 unspecified atom stereocenters. The van der Waals surface area contributed by atoms with Gasteiger partial charge in [-0.25, -0.2) is 0 Å². The van der Waals surface area contributed by atoms with Crippen LogP contribution in [0.5, 0.6) is 5.75 Å². The Kier molecular flexibility index (Phi) is 2.35. The van der Waals surface area contributed by atoms with Crippen LogP contribution < -0.4 is 0 Å². The van der Waals surface area contributed by atoms with Crippen LogP contribution in [0.15, 0.2) is 29.3 Å². The Morgan fingerprint density at radius 2 is 2.00 bits per heavy atom. The number of fused-ring (bicyclic) bond motifs is 1. The zero-order valence-corrected chi connectivity index (χ0v) is 9.90. The maximum atomic E-state index is 12.3. The molecule has 1 N–H and O–H groups in total. The van der Waals surface area contributed by atoms with E-state index in [9.17, 15) is 14.7 Å². The van der Waals surface area contributed by atoms with E-state index in [0.29, 0.717) is 23.1 Å². The second kappa shape index (κ2) is 3.78. The van der Waals surface area contributed by atoms with Crippen LogP contribution in [0.3, 0.4) is 0 Å². The number of hydrogen-bond acceptors (Lipinski definition) is 4. The summed E-state index contributed by atoms with van der Waals surface area (Å²) in [5.41, 5.74) is 1.34. The molecule has 1 aliphatic heterocycles. The lowest BCUT2D eigenvalue weighted by Gasteiger charge is -2.28. The molecule has 1 aromatic rings. The van der Waals surface area contributed by atoms with Crippen LogP contribution in [-0.4, -0.2) is 29.4 Å². The number of phenols is 1. The molecule has 1 aromatic carbocycles. The van der Waals surface area contributed by atoms with Gasteiger partial charge in [0.1, 0.15) is 5.75 Å². The highest BCUT2D eigenvalue weighted by Crippen LogP contribution is 2.35. The fourth-order valence-corrected chi connectivity index (χ4v) is 2.50. The summed E-state index contributed by atoms with van der Waals surface area (Å²) in [6, 6.07) is 4.58. The van der Waals surface area contributed by atoms with Crippen molar-refractivity contribution in [2.24, 2.45) is 0 Å². The van der Waals surface area contributed by atoms with Gasteiger partial charge >= 0.3 is 0 Å². The van der Waals surface area contributed by atoms with Crippen LogP contribution in [0.1, 0.15) is 34.1 Å². The number of phenolic OH excluding ortho intramolecular Hbond substituents is 1. The minimum absolute atomic E-state index is 0.0561. The minimum Gasteiger partial charge on any atom is -0.507 e. The third-order valence-electron chi connectivity index (χ3n) is 3.43. The van der Waals surface area contributed by atoms with Gasteiger partial charge in [0, 0.05) is 23.1 Å². The summed E-state index contributed by atoms with van der Waals surface area (Å²) in [6.45, 7) is 2.02. The van der Waals surface area contributed by atoms with Gasteiger partial charge in [-0.05, 0) is 13.0 Å². The van der Waals surface area contributed by atoms with Crippen LogP contribution in [0.25, 0.3) is 0 Å². The van der Waals surface area contributed by atoms with Crippen LogP contribution >= 0.6 is 0 Å². The highest BCUT2D eigenvalue weighted by atomic mass is 16.5. The molecule has 0 aromatic heterocycles. The molecule has 1 aliphatic carbocycles. The molecular weight excluding hydrogens is 232 g/mol. The molecule has 0 saturated carbocycles. The standard InChI is InChI=1S/C14H12O4/c1-7-5-9-10(6-18-7)14(17)12-8(13(9)16)3-2-4-11(12)15/h2-4,7,15H,5-6H2,1H3/t7-/m1/s1. The van der Waals surface area contributed by atoms with E-state index in [-0.39, 0.29) is 35.6 Å². The van der Waals surface area contributed by atoms with Crippen molar-refractivity contribution in [1.82, 2.24) is 0 Å². The van der Waals surface area contributed by atoms with E-state index >= 15 is 0 Å². The number of carbonyl (C=O) groups excluding carboxylic acids is 2. The minimum atomic E-state index is -0.287. The van der Waals surface area contributed by atoms with Gasteiger partial charge in [0.25, 0.3) is 0 Å². The number of Topliss-reactive ketones (excluding diaryl/α,β-unsaturated/α-hetero) is 2. The molecule has 18 heavy (non-hydrogen) atoms. The molecule has 4 heteroatoms. The van der Waals surface area contributed by atoms with Gasteiger partial charge in [-0.1, -0.05) is 12.1 Å². The summed E-state index contributed by atoms with van der Waals surface area (Å²) in [7, 11) is 0. The van der Waals surface area contributed by atoms with Crippen molar-refractivity contribution in [3.63, 3.8) is 0 Å². The Bertz CT molecular complexity index is 598. The van der Waals surface area contributed by atoms with Crippen molar-refractivity contribution >= 4 is 11.6 Å². The first-order valence-electron chi connectivity index (χ1n) is 5.84. The molecule has 1 heterocycles. The average molecular weight is 244 g/mol. The first kappa shape index (κ1) is 11.2. The lowest BCUT2D eigenvalue weighted by Crippen LogP contribution is -2.31. The first-order valence-corrected chi connectivity index (χ1v) is 5.84. The monoisotopic (exact) mass is 244 g/mol. The van der Waals surface area contributed by atoms with Gasteiger partial charge in [0.15, 0.2) is 11.6 Å². The first-order chi connectivity index (χ1) is 8.59. The summed E-state index contributed by atoms with van der Waals surface area (Å²) in [6.07, 6.45) is 0.397. The van der Waals surface area contributed by atoms with Crippen LogP contribution in [0.2, 0.25) is 0 Å². The normalized spacial score (nSPS) is 22.8. The highest BCUT2D eigenvalue weighted by Gasteiger charge is 2.36. The van der Waals surface area contributed by atoms with Gasteiger partial charge in [-0.2, -0.15) is 0 Å². The largest absolute Gasteiger partial charge is 0.507 e. The summed E-state index contributed by atoms with van der Waals surface area (Å²) in [5.74, 6) is -0.591. The Morgan fingerprint density at radius 3 is 2.78 bits per heavy atom. The summed E-state index contributed by atoms with van der Waals surface area (Å²) in [4.78, 5) is 24.6. The molecule has 0 fully saturated rings. The Labute approximate surface area is 104 Å². The zero-order chi connectivity index (χ0) is 12.9. The summed E-state index contributed by atoms with van der Waals surface area (Å²) >= 11 is 0. The van der Waals surface area contributed by atoms with Crippen molar-refractivity contribution < 1.29 is 19.4 Å². The zero-order valence-electron chi connectivity index (χ0n) is 9.90. The molecule has 0 spiro atoms. The fraction of sp³-hybridized carbons (Fsp3) is 0.286. The number of hydrogen-bond donors (Lipinski definition) is 1. The molecule has 0 saturated heterocycles. The van der Waals surface area contributed by atoms with Crippen molar-refractivity contribution in [3.05, 3.63) is 40.5 Å². The second-order valence-corrected chi connectivity index (χ2v) is 4.64. The van der Waals surface area contributed by atoms with E-state index in [1.54, 1.807) is 12.1 Å². The SMILES string of the molecule is C[C@@H]1CC2=C(CO1)C(=O)c1c(O)cccc1C2=O. The van der Waals surface area contributed by atoms with E-state index in [1.165, 1.54) is 6.07 Å². The lowest BCUT2D eigenvalue weighted by atomic mass is 9.81. The van der Waals surface area contributed by atoms with Crippen molar-refractivity contribution in [3.8, 4) is 5.75 Å². The van der Waals surface area contributed by atoms with Gasteiger partial charge in [-0.15, -0.1) is 0 Å². The number of aromatic hydroxyl groups is 1. The van der Waals surface area contributed by atoms with Crippen LogP contribution in [0.4, 0.5) is 0 Å². The van der Waals surface area contributed by atoms with E-state index in [0.717, 1.165) is 0 Å². The molecule has 1 atom stereocenters. The molecule has 4 nitrogen and oxygen atoms in total. The van der Waals surface area contributed by atoms with Gasteiger partial charge in [-0.3, -0.25) is 9.59 Å². The number of carbonyl (C=O) groups is 2. The van der Waals surface area contributed by atoms with Crippen molar-refractivity contribution in [1.29, 1.82) is 0 Å². The molecule has 2 aliphatic rings. The topological polar surface area (TPSA) is 63.6 Å². The van der Waals surface area contributed by atoms with Crippen molar-refractivity contribution in [2.75, 3.05) is 6.61 Å². The predicted octanol–water partition coefficient (Wildman–Crippen LogP) is 1.88. The maximum Gasteiger partial charge on any atom is 0.196 e. The molecule has 0 radical (unpaired) electrons.